The molecule has 1 saturated carbocycles. The molecule has 1 aliphatic carbocycles. The molecule has 19 heavy (non-hydrogen) atoms. The Morgan fingerprint density at radius 1 is 1.16 bits per heavy atom. The third-order valence-corrected chi connectivity index (χ3v) is 4.35. The second-order valence-electron chi connectivity index (χ2n) is 4.90. The number of rotatable bonds is 5. The Hall–Kier alpha value is -1.16. The van der Waals surface area contributed by atoms with Crippen molar-refractivity contribution in [3.63, 3.8) is 0 Å². The van der Waals surface area contributed by atoms with Gasteiger partial charge in [0.05, 0.1) is 0 Å². The van der Waals surface area contributed by atoms with Gasteiger partial charge in [0.15, 0.2) is 0 Å². The molecular weight excluding hydrogens is 256 g/mol. The van der Waals surface area contributed by atoms with Crippen LogP contribution in [0.25, 0.3) is 0 Å². The summed E-state index contributed by atoms with van der Waals surface area (Å²) < 4.78 is 0. The van der Waals surface area contributed by atoms with Crippen molar-refractivity contribution in [3.8, 4) is 0 Å². The Labute approximate surface area is 119 Å². The maximum absolute atomic E-state index is 11.7. The van der Waals surface area contributed by atoms with Crippen LogP contribution in [-0.4, -0.2) is 24.4 Å². The van der Waals surface area contributed by atoms with Gasteiger partial charge in [0.1, 0.15) is 0 Å². The molecule has 2 rings (SSSR count). The molecule has 104 valence electrons. The third kappa shape index (κ3) is 5.55. The van der Waals surface area contributed by atoms with E-state index in [1.54, 1.807) is 11.8 Å². The maximum atomic E-state index is 11.7. The van der Waals surface area contributed by atoms with E-state index in [2.05, 4.69) is 22.8 Å². The fourth-order valence-electron chi connectivity index (χ4n) is 2.33. The molecule has 0 unspecified atom stereocenters. The summed E-state index contributed by atoms with van der Waals surface area (Å²) in [6.07, 6.45) is 6.06. The van der Waals surface area contributed by atoms with Gasteiger partial charge in [0.2, 0.25) is 0 Å². The number of carbonyl (C=O) groups excluding carboxylic acids is 1. The van der Waals surface area contributed by atoms with Crippen molar-refractivity contribution in [2.75, 3.05) is 12.3 Å². The fourth-order valence-corrected chi connectivity index (χ4v) is 3.12. The van der Waals surface area contributed by atoms with E-state index in [4.69, 9.17) is 0 Å². The van der Waals surface area contributed by atoms with E-state index in [1.807, 2.05) is 18.2 Å². The molecule has 0 aromatic heterocycles. The quantitative estimate of drug-likeness (QED) is 0.640. The van der Waals surface area contributed by atoms with Crippen LogP contribution in [0.2, 0.25) is 0 Å². The number of nitrogens with one attached hydrogen (secondary N) is 2. The Morgan fingerprint density at radius 2 is 1.89 bits per heavy atom. The van der Waals surface area contributed by atoms with E-state index < -0.39 is 0 Å². The van der Waals surface area contributed by atoms with Crippen molar-refractivity contribution in [2.45, 2.75) is 43.0 Å². The van der Waals surface area contributed by atoms with Gasteiger partial charge in [-0.15, -0.1) is 11.8 Å². The Morgan fingerprint density at radius 3 is 2.63 bits per heavy atom. The number of benzene rings is 1. The molecule has 1 fully saturated rings. The molecule has 2 amide bonds. The highest BCUT2D eigenvalue weighted by Gasteiger charge is 2.14. The molecule has 0 aliphatic heterocycles. The minimum atomic E-state index is -0.0134. The average Bonchev–Trinajstić information content (AvgIpc) is 2.46. The number of hydrogen-bond donors (Lipinski definition) is 2. The number of hydrogen-bond acceptors (Lipinski definition) is 2. The van der Waals surface area contributed by atoms with Gasteiger partial charge in [0.25, 0.3) is 0 Å². The molecule has 3 nitrogen and oxygen atoms in total. The highest BCUT2D eigenvalue weighted by molar-refractivity contribution is 7.99. The van der Waals surface area contributed by atoms with Crippen LogP contribution in [0.1, 0.15) is 32.1 Å². The van der Waals surface area contributed by atoms with Crippen molar-refractivity contribution < 1.29 is 4.79 Å². The lowest BCUT2D eigenvalue weighted by molar-refractivity contribution is 0.233. The predicted octanol–water partition coefficient (Wildman–Crippen LogP) is 3.41. The Balaban J connectivity index is 1.56. The Kier molecular flexibility index (Phi) is 6.08. The topological polar surface area (TPSA) is 41.1 Å². The molecule has 0 atom stereocenters. The van der Waals surface area contributed by atoms with Crippen LogP contribution in [0.3, 0.4) is 0 Å². The predicted molar refractivity (Wildman–Crippen MR) is 80.6 cm³/mol. The zero-order valence-electron chi connectivity index (χ0n) is 11.2. The molecule has 0 bridgehead atoms. The molecule has 1 aromatic rings. The van der Waals surface area contributed by atoms with Gasteiger partial charge >= 0.3 is 6.03 Å². The molecule has 0 radical (unpaired) electrons. The first-order valence-corrected chi connectivity index (χ1v) is 8.05. The van der Waals surface area contributed by atoms with E-state index in [1.165, 1.54) is 24.2 Å². The van der Waals surface area contributed by atoms with Crippen LogP contribution in [0.5, 0.6) is 0 Å². The molecule has 1 aromatic carbocycles. The standard InChI is InChI=1S/C15H22N2OS/c18-15(17-13-7-3-1-4-8-13)16-11-12-19-14-9-5-2-6-10-14/h2,5-6,9-10,13H,1,3-4,7-8,11-12H2,(H2,16,17,18). The van der Waals surface area contributed by atoms with Crippen LogP contribution < -0.4 is 10.6 Å². The smallest absolute Gasteiger partial charge is 0.315 e. The second-order valence-corrected chi connectivity index (χ2v) is 6.07. The molecule has 1 aliphatic rings. The van der Waals surface area contributed by atoms with Gasteiger partial charge in [-0.05, 0) is 25.0 Å². The lowest BCUT2D eigenvalue weighted by atomic mass is 9.96. The SMILES string of the molecule is O=C(NCCSc1ccccc1)NC1CCCCC1. The van der Waals surface area contributed by atoms with Gasteiger partial charge < -0.3 is 10.6 Å². The maximum Gasteiger partial charge on any atom is 0.315 e. The molecule has 0 saturated heterocycles. The number of carbonyl (C=O) groups is 1. The summed E-state index contributed by atoms with van der Waals surface area (Å²) >= 11 is 1.77. The number of thioether (sulfide) groups is 1. The van der Waals surface area contributed by atoms with Gasteiger partial charge in [-0.25, -0.2) is 4.79 Å². The zero-order chi connectivity index (χ0) is 13.3. The summed E-state index contributed by atoms with van der Waals surface area (Å²) in [6.45, 7) is 0.706. The average molecular weight is 278 g/mol. The van der Waals surface area contributed by atoms with E-state index in [0.29, 0.717) is 12.6 Å². The monoisotopic (exact) mass is 278 g/mol. The largest absolute Gasteiger partial charge is 0.337 e. The molecule has 2 N–H and O–H groups in total. The lowest BCUT2D eigenvalue weighted by Gasteiger charge is -2.22. The van der Waals surface area contributed by atoms with E-state index >= 15 is 0 Å². The molecule has 0 heterocycles. The van der Waals surface area contributed by atoms with Crippen LogP contribution in [-0.2, 0) is 0 Å². The summed E-state index contributed by atoms with van der Waals surface area (Å²) in [7, 11) is 0. The number of amides is 2. The van der Waals surface area contributed by atoms with Crippen LogP contribution >= 0.6 is 11.8 Å². The van der Waals surface area contributed by atoms with Crippen molar-refractivity contribution in [2.24, 2.45) is 0 Å². The summed E-state index contributed by atoms with van der Waals surface area (Å²) in [5.74, 6) is 0.905. The van der Waals surface area contributed by atoms with Crippen LogP contribution in [0.4, 0.5) is 4.79 Å². The van der Waals surface area contributed by atoms with Crippen LogP contribution in [0.15, 0.2) is 35.2 Å². The van der Waals surface area contributed by atoms with Crippen molar-refractivity contribution in [1.82, 2.24) is 10.6 Å². The van der Waals surface area contributed by atoms with E-state index in [9.17, 15) is 4.79 Å². The fraction of sp³-hybridized carbons (Fsp3) is 0.533. The first-order valence-electron chi connectivity index (χ1n) is 7.07. The van der Waals surface area contributed by atoms with Gasteiger partial charge in [-0.2, -0.15) is 0 Å². The van der Waals surface area contributed by atoms with Gasteiger partial charge in [0, 0.05) is 23.2 Å². The van der Waals surface area contributed by atoms with Crippen molar-refractivity contribution in [3.05, 3.63) is 30.3 Å². The minimum absolute atomic E-state index is 0.0134. The van der Waals surface area contributed by atoms with Crippen molar-refractivity contribution in [1.29, 1.82) is 0 Å². The number of urea groups is 1. The molecule has 0 spiro atoms. The normalized spacial score (nSPS) is 16.0. The second kappa shape index (κ2) is 8.10. The van der Waals surface area contributed by atoms with E-state index in [0.717, 1.165) is 18.6 Å². The third-order valence-electron chi connectivity index (χ3n) is 3.34. The molecule has 4 heteroatoms. The highest BCUT2D eigenvalue weighted by atomic mass is 32.2. The first-order chi connectivity index (χ1) is 9.34. The van der Waals surface area contributed by atoms with Gasteiger partial charge in [-0.1, -0.05) is 37.5 Å². The van der Waals surface area contributed by atoms with Crippen molar-refractivity contribution >= 4 is 17.8 Å². The van der Waals surface area contributed by atoms with Crippen LogP contribution in [0, 0.1) is 0 Å². The molecular formula is C15H22N2OS. The highest BCUT2D eigenvalue weighted by Crippen LogP contribution is 2.17. The van der Waals surface area contributed by atoms with E-state index in [-0.39, 0.29) is 6.03 Å². The Bertz CT molecular complexity index is 377. The minimum Gasteiger partial charge on any atom is -0.337 e. The summed E-state index contributed by atoms with van der Waals surface area (Å²) in [6, 6.07) is 10.6. The summed E-state index contributed by atoms with van der Waals surface area (Å²) in [5.41, 5.74) is 0. The van der Waals surface area contributed by atoms with Gasteiger partial charge in [-0.3, -0.25) is 0 Å². The lowest BCUT2D eigenvalue weighted by Crippen LogP contribution is -2.43. The first kappa shape index (κ1) is 14.3. The summed E-state index contributed by atoms with van der Waals surface area (Å²) in [5, 5.41) is 5.99. The summed E-state index contributed by atoms with van der Waals surface area (Å²) in [4.78, 5) is 12.9. The zero-order valence-corrected chi connectivity index (χ0v) is 12.0.